The second-order valence-corrected chi connectivity index (χ2v) is 8.03. The molecule has 5 heteroatoms. The van der Waals surface area contributed by atoms with E-state index in [0.29, 0.717) is 11.6 Å². The molecule has 0 saturated carbocycles. The SMILES string of the molecule is Cc1ccc(-c2nc3nc4c(c(Nc5ccc(C)c(C)c5)n3n2)CCCC4)cc1. The van der Waals surface area contributed by atoms with Crippen molar-refractivity contribution < 1.29 is 0 Å². The van der Waals surface area contributed by atoms with Crippen molar-refractivity contribution in [3.8, 4) is 11.4 Å². The van der Waals surface area contributed by atoms with Gasteiger partial charge in [-0.3, -0.25) is 0 Å². The number of nitrogens with zero attached hydrogens (tertiary/aromatic N) is 4. The number of benzene rings is 2. The maximum Gasteiger partial charge on any atom is 0.254 e. The summed E-state index contributed by atoms with van der Waals surface area (Å²) in [6.07, 6.45) is 4.38. The monoisotopic (exact) mass is 383 g/mol. The lowest BCUT2D eigenvalue weighted by atomic mass is 9.96. The van der Waals surface area contributed by atoms with Crippen molar-refractivity contribution in [1.29, 1.82) is 0 Å². The lowest BCUT2D eigenvalue weighted by molar-refractivity contribution is 0.662. The number of anilines is 2. The largest absolute Gasteiger partial charge is 0.340 e. The lowest BCUT2D eigenvalue weighted by Gasteiger charge is -2.20. The predicted octanol–water partition coefficient (Wildman–Crippen LogP) is 5.34. The molecule has 0 atom stereocenters. The molecule has 0 fully saturated rings. The zero-order valence-corrected chi connectivity index (χ0v) is 17.2. The second kappa shape index (κ2) is 6.99. The predicted molar refractivity (Wildman–Crippen MR) is 117 cm³/mol. The van der Waals surface area contributed by atoms with Crippen molar-refractivity contribution in [3.63, 3.8) is 0 Å². The summed E-state index contributed by atoms with van der Waals surface area (Å²) in [7, 11) is 0. The van der Waals surface area contributed by atoms with Crippen LogP contribution in [-0.4, -0.2) is 19.6 Å². The summed E-state index contributed by atoms with van der Waals surface area (Å²) >= 11 is 0. The summed E-state index contributed by atoms with van der Waals surface area (Å²) < 4.78 is 1.88. The van der Waals surface area contributed by atoms with E-state index < -0.39 is 0 Å². The number of nitrogens with one attached hydrogen (secondary N) is 1. The quantitative estimate of drug-likeness (QED) is 0.519. The molecule has 0 radical (unpaired) electrons. The Morgan fingerprint density at radius 2 is 1.66 bits per heavy atom. The molecule has 2 heterocycles. The molecule has 0 aliphatic heterocycles. The van der Waals surface area contributed by atoms with Gasteiger partial charge in [-0.1, -0.05) is 35.9 Å². The standard InChI is InChI=1S/C24H25N5/c1-15-8-11-18(12-9-15)22-27-24-26-21-7-5-4-6-20(21)23(29(24)28-22)25-19-13-10-16(2)17(3)14-19/h8-14,25H,4-7H2,1-3H3. The Kier molecular flexibility index (Phi) is 4.31. The van der Waals surface area contributed by atoms with Gasteiger partial charge in [-0.05, 0) is 69.7 Å². The normalized spacial score (nSPS) is 13.5. The fraction of sp³-hybridized carbons (Fsp3) is 0.292. The Bertz CT molecular complexity index is 1200. The van der Waals surface area contributed by atoms with Crippen molar-refractivity contribution in [2.75, 3.05) is 5.32 Å². The molecule has 1 aliphatic carbocycles. The molecular formula is C24H25N5. The van der Waals surface area contributed by atoms with Crippen LogP contribution in [0.25, 0.3) is 17.2 Å². The molecule has 0 amide bonds. The highest BCUT2D eigenvalue weighted by atomic mass is 15.4. The topological polar surface area (TPSA) is 55.1 Å². The average Bonchev–Trinajstić information content (AvgIpc) is 3.15. The van der Waals surface area contributed by atoms with Crippen LogP contribution in [-0.2, 0) is 12.8 Å². The second-order valence-electron chi connectivity index (χ2n) is 8.03. The Morgan fingerprint density at radius 3 is 2.45 bits per heavy atom. The number of aromatic nitrogens is 4. The molecule has 0 saturated heterocycles. The maximum absolute atomic E-state index is 4.86. The van der Waals surface area contributed by atoms with E-state index in [1.807, 2.05) is 4.52 Å². The van der Waals surface area contributed by atoms with Gasteiger partial charge in [0.25, 0.3) is 5.78 Å². The van der Waals surface area contributed by atoms with E-state index in [1.165, 1.54) is 35.1 Å². The van der Waals surface area contributed by atoms with Gasteiger partial charge in [-0.2, -0.15) is 9.50 Å². The lowest BCUT2D eigenvalue weighted by Crippen LogP contribution is -2.13. The van der Waals surface area contributed by atoms with Crippen LogP contribution in [0.4, 0.5) is 11.5 Å². The maximum atomic E-state index is 4.86. The van der Waals surface area contributed by atoms with Crippen LogP contribution in [0.3, 0.4) is 0 Å². The number of fused-ring (bicyclic) bond motifs is 2. The van der Waals surface area contributed by atoms with E-state index in [1.54, 1.807) is 0 Å². The fourth-order valence-corrected chi connectivity index (χ4v) is 3.95. The van der Waals surface area contributed by atoms with Gasteiger partial charge >= 0.3 is 0 Å². The van der Waals surface area contributed by atoms with Crippen LogP contribution >= 0.6 is 0 Å². The van der Waals surface area contributed by atoms with Crippen molar-refractivity contribution in [3.05, 3.63) is 70.4 Å². The Hall–Kier alpha value is -3.21. The molecule has 5 nitrogen and oxygen atoms in total. The number of aryl methyl sites for hydroxylation is 4. The molecule has 0 bridgehead atoms. The van der Waals surface area contributed by atoms with Crippen molar-refractivity contribution in [1.82, 2.24) is 19.6 Å². The molecule has 5 rings (SSSR count). The van der Waals surface area contributed by atoms with Crippen molar-refractivity contribution in [2.45, 2.75) is 46.5 Å². The van der Waals surface area contributed by atoms with Crippen LogP contribution in [0.2, 0.25) is 0 Å². The van der Waals surface area contributed by atoms with Crippen molar-refractivity contribution >= 4 is 17.3 Å². The fourth-order valence-electron chi connectivity index (χ4n) is 3.95. The van der Waals surface area contributed by atoms with Crippen LogP contribution in [0.15, 0.2) is 42.5 Å². The van der Waals surface area contributed by atoms with E-state index in [0.717, 1.165) is 35.6 Å². The minimum atomic E-state index is 0.660. The number of rotatable bonds is 3. The number of hydrogen-bond donors (Lipinski definition) is 1. The Morgan fingerprint density at radius 1 is 0.862 bits per heavy atom. The first-order chi connectivity index (χ1) is 14.1. The number of hydrogen-bond acceptors (Lipinski definition) is 4. The highest BCUT2D eigenvalue weighted by molar-refractivity contribution is 5.66. The summed E-state index contributed by atoms with van der Waals surface area (Å²) in [6.45, 7) is 6.36. The highest BCUT2D eigenvalue weighted by Crippen LogP contribution is 2.31. The van der Waals surface area contributed by atoms with Gasteiger partial charge in [0.05, 0.1) is 5.69 Å². The first-order valence-corrected chi connectivity index (χ1v) is 10.3. The van der Waals surface area contributed by atoms with Gasteiger partial charge in [0.1, 0.15) is 5.82 Å². The van der Waals surface area contributed by atoms with E-state index in [2.05, 4.69) is 68.6 Å². The van der Waals surface area contributed by atoms with Gasteiger partial charge in [0.2, 0.25) is 0 Å². The molecule has 146 valence electrons. The minimum Gasteiger partial charge on any atom is -0.340 e. The molecule has 1 aliphatic rings. The minimum absolute atomic E-state index is 0.660. The third-order valence-electron chi connectivity index (χ3n) is 5.84. The third-order valence-corrected chi connectivity index (χ3v) is 5.84. The summed E-state index contributed by atoms with van der Waals surface area (Å²) in [6, 6.07) is 14.8. The van der Waals surface area contributed by atoms with Gasteiger partial charge in [0.15, 0.2) is 5.82 Å². The van der Waals surface area contributed by atoms with Crippen LogP contribution < -0.4 is 5.32 Å². The zero-order valence-electron chi connectivity index (χ0n) is 17.2. The summed E-state index contributed by atoms with van der Waals surface area (Å²) in [5.41, 5.74) is 8.29. The molecule has 29 heavy (non-hydrogen) atoms. The first-order valence-electron chi connectivity index (χ1n) is 10.3. The van der Waals surface area contributed by atoms with Gasteiger partial charge < -0.3 is 5.32 Å². The molecule has 2 aromatic carbocycles. The Balaban J connectivity index is 1.67. The average molecular weight is 383 g/mol. The van der Waals surface area contributed by atoms with Crippen molar-refractivity contribution in [2.24, 2.45) is 0 Å². The van der Waals surface area contributed by atoms with Crippen LogP contribution in [0.1, 0.15) is 40.8 Å². The first kappa shape index (κ1) is 17.9. The third kappa shape index (κ3) is 3.27. The van der Waals surface area contributed by atoms with E-state index in [-0.39, 0.29) is 0 Å². The smallest absolute Gasteiger partial charge is 0.254 e. The summed E-state index contributed by atoms with van der Waals surface area (Å²) in [5, 5.41) is 8.47. The molecule has 0 spiro atoms. The van der Waals surface area contributed by atoms with Crippen LogP contribution in [0, 0.1) is 20.8 Å². The Labute approximate surface area is 170 Å². The van der Waals surface area contributed by atoms with Crippen LogP contribution in [0.5, 0.6) is 0 Å². The molecular weight excluding hydrogens is 358 g/mol. The molecule has 2 aromatic heterocycles. The molecule has 4 aromatic rings. The van der Waals surface area contributed by atoms with E-state index >= 15 is 0 Å². The van der Waals surface area contributed by atoms with Gasteiger partial charge in [-0.15, -0.1) is 5.10 Å². The summed E-state index contributed by atoms with van der Waals surface area (Å²) in [4.78, 5) is 9.62. The summed E-state index contributed by atoms with van der Waals surface area (Å²) in [5.74, 6) is 2.37. The van der Waals surface area contributed by atoms with Gasteiger partial charge in [0, 0.05) is 16.8 Å². The van der Waals surface area contributed by atoms with E-state index in [9.17, 15) is 0 Å². The molecule has 0 unspecified atom stereocenters. The highest BCUT2D eigenvalue weighted by Gasteiger charge is 2.21. The molecule has 1 N–H and O–H groups in total. The van der Waals surface area contributed by atoms with E-state index in [4.69, 9.17) is 15.1 Å². The van der Waals surface area contributed by atoms with Gasteiger partial charge in [-0.25, -0.2) is 4.98 Å². The zero-order chi connectivity index (χ0) is 20.0.